The third-order valence-electron chi connectivity index (χ3n) is 3.55. The largest absolute Gasteiger partial charge is 0.337 e. The Bertz CT molecular complexity index is 416. The Hall–Kier alpha value is -1.42. The normalized spacial score (nSPS) is 19.5. The average Bonchev–Trinajstić information content (AvgIpc) is 2.45. The van der Waals surface area contributed by atoms with Crippen LogP contribution in [0.4, 0.5) is 0 Å². The maximum absolute atomic E-state index is 12.4. The van der Waals surface area contributed by atoms with Crippen molar-refractivity contribution in [2.24, 2.45) is 0 Å². The summed E-state index contributed by atoms with van der Waals surface area (Å²) in [6, 6.07) is 4.20. The summed E-state index contributed by atoms with van der Waals surface area (Å²) >= 11 is 0. The fourth-order valence-corrected chi connectivity index (χ4v) is 2.45. The molecule has 1 amide bonds. The first-order valence-electron chi connectivity index (χ1n) is 7.16. The molecule has 4 heteroatoms. The van der Waals surface area contributed by atoms with Gasteiger partial charge in [0.05, 0.1) is 5.56 Å². The highest BCUT2D eigenvalue weighted by atomic mass is 16.2. The van der Waals surface area contributed by atoms with Gasteiger partial charge >= 0.3 is 0 Å². The highest BCUT2D eigenvalue weighted by Gasteiger charge is 2.23. The number of likely N-dealkylation sites (tertiary alicyclic amines) is 1. The Balaban J connectivity index is 1.96. The number of hydrogen-bond acceptors (Lipinski definition) is 3. The third kappa shape index (κ3) is 3.77. The van der Waals surface area contributed by atoms with Crippen LogP contribution in [0, 0.1) is 6.92 Å². The minimum Gasteiger partial charge on any atom is -0.337 e. The topological polar surface area (TPSA) is 45.2 Å². The van der Waals surface area contributed by atoms with Crippen molar-refractivity contribution in [2.45, 2.75) is 39.2 Å². The maximum Gasteiger partial charge on any atom is 0.255 e. The zero-order chi connectivity index (χ0) is 13.7. The summed E-state index contributed by atoms with van der Waals surface area (Å²) in [6.07, 6.45) is 5.05. The minimum absolute atomic E-state index is 0.107. The molecule has 0 aliphatic carbocycles. The van der Waals surface area contributed by atoms with Crippen LogP contribution in [0.2, 0.25) is 0 Å². The molecular weight excluding hydrogens is 238 g/mol. The Morgan fingerprint density at radius 3 is 3.05 bits per heavy atom. The van der Waals surface area contributed by atoms with Crippen LogP contribution in [0.1, 0.15) is 42.2 Å². The number of aryl methyl sites for hydroxylation is 1. The second-order valence-electron chi connectivity index (χ2n) is 5.23. The molecule has 1 unspecified atom stereocenters. The first-order valence-corrected chi connectivity index (χ1v) is 7.16. The molecule has 0 bridgehead atoms. The summed E-state index contributed by atoms with van der Waals surface area (Å²) in [7, 11) is 0. The molecule has 2 heterocycles. The molecule has 0 saturated carbocycles. The number of piperidine rings is 1. The van der Waals surface area contributed by atoms with Gasteiger partial charge in [-0.2, -0.15) is 0 Å². The Labute approximate surface area is 115 Å². The number of carbonyl (C=O) groups excluding carboxylic acids is 1. The van der Waals surface area contributed by atoms with Crippen LogP contribution in [0.15, 0.2) is 18.3 Å². The molecule has 2 rings (SSSR count). The smallest absolute Gasteiger partial charge is 0.255 e. The van der Waals surface area contributed by atoms with Gasteiger partial charge in [0.25, 0.3) is 5.91 Å². The van der Waals surface area contributed by atoms with Crippen molar-refractivity contribution >= 4 is 5.91 Å². The number of rotatable bonds is 4. The van der Waals surface area contributed by atoms with Gasteiger partial charge in [-0.15, -0.1) is 0 Å². The zero-order valence-corrected chi connectivity index (χ0v) is 11.9. The lowest BCUT2D eigenvalue weighted by molar-refractivity contribution is 0.0694. The second kappa shape index (κ2) is 6.66. The van der Waals surface area contributed by atoms with Gasteiger partial charge in [0.1, 0.15) is 0 Å². The fourth-order valence-electron chi connectivity index (χ4n) is 2.45. The lowest BCUT2D eigenvalue weighted by Crippen LogP contribution is -2.48. The lowest BCUT2D eigenvalue weighted by Gasteiger charge is -2.33. The molecular formula is C15H23N3O. The third-order valence-corrected chi connectivity index (χ3v) is 3.55. The van der Waals surface area contributed by atoms with E-state index in [0.29, 0.717) is 11.6 Å². The minimum atomic E-state index is 0.107. The molecule has 104 valence electrons. The molecule has 1 aliphatic rings. The van der Waals surface area contributed by atoms with Gasteiger partial charge < -0.3 is 10.2 Å². The van der Waals surface area contributed by atoms with E-state index in [1.54, 1.807) is 6.20 Å². The quantitative estimate of drug-likeness (QED) is 0.901. The van der Waals surface area contributed by atoms with Crippen LogP contribution >= 0.6 is 0 Å². The van der Waals surface area contributed by atoms with E-state index < -0.39 is 0 Å². The highest BCUT2D eigenvalue weighted by molar-refractivity contribution is 5.94. The molecule has 1 N–H and O–H groups in total. The van der Waals surface area contributed by atoms with Crippen molar-refractivity contribution in [3.63, 3.8) is 0 Å². The van der Waals surface area contributed by atoms with Crippen LogP contribution in [0.3, 0.4) is 0 Å². The van der Waals surface area contributed by atoms with Gasteiger partial charge in [-0.1, -0.05) is 6.92 Å². The van der Waals surface area contributed by atoms with Crippen LogP contribution < -0.4 is 5.32 Å². The number of pyridine rings is 1. The van der Waals surface area contributed by atoms with Crippen molar-refractivity contribution in [3.8, 4) is 0 Å². The molecule has 1 saturated heterocycles. The van der Waals surface area contributed by atoms with Crippen molar-refractivity contribution in [1.29, 1.82) is 0 Å². The van der Waals surface area contributed by atoms with E-state index in [4.69, 9.17) is 0 Å². The van der Waals surface area contributed by atoms with E-state index in [1.807, 2.05) is 24.0 Å². The predicted octanol–water partition coefficient (Wildman–Crippen LogP) is 1.99. The number of hydrogen-bond donors (Lipinski definition) is 1. The number of nitrogens with one attached hydrogen (secondary N) is 1. The van der Waals surface area contributed by atoms with Crippen molar-refractivity contribution < 1.29 is 4.79 Å². The predicted molar refractivity (Wildman–Crippen MR) is 76.2 cm³/mol. The van der Waals surface area contributed by atoms with Gasteiger partial charge in [0, 0.05) is 31.0 Å². The van der Waals surface area contributed by atoms with Crippen molar-refractivity contribution in [2.75, 3.05) is 19.6 Å². The van der Waals surface area contributed by atoms with Crippen LogP contribution in [0.25, 0.3) is 0 Å². The van der Waals surface area contributed by atoms with Crippen molar-refractivity contribution in [1.82, 2.24) is 15.2 Å². The Morgan fingerprint density at radius 2 is 2.37 bits per heavy atom. The molecule has 0 spiro atoms. The number of aromatic nitrogens is 1. The Morgan fingerprint density at radius 1 is 1.53 bits per heavy atom. The highest BCUT2D eigenvalue weighted by Crippen LogP contribution is 2.13. The summed E-state index contributed by atoms with van der Waals surface area (Å²) in [5.41, 5.74) is 1.64. The number of carbonyl (C=O) groups is 1. The number of nitrogens with zero attached hydrogens (tertiary/aromatic N) is 2. The molecule has 1 fully saturated rings. The molecule has 0 radical (unpaired) electrons. The molecule has 4 nitrogen and oxygen atoms in total. The standard InChI is InChI=1S/C15H23N3O/c1-3-8-16-14-5-4-9-18(11-14)15(19)13-7-6-12(2)17-10-13/h6-7,10,14,16H,3-5,8-9,11H2,1-2H3. The number of amides is 1. The van der Waals surface area contributed by atoms with E-state index in [2.05, 4.69) is 17.2 Å². The molecule has 1 aromatic heterocycles. The Kier molecular flexibility index (Phi) is 4.91. The van der Waals surface area contributed by atoms with E-state index in [0.717, 1.165) is 44.6 Å². The summed E-state index contributed by atoms with van der Waals surface area (Å²) in [6.45, 7) is 6.79. The monoisotopic (exact) mass is 261 g/mol. The van der Waals surface area contributed by atoms with Gasteiger partial charge in [-0.25, -0.2) is 0 Å². The summed E-state index contributed by atoms with van der Waals surface area (Å²) < 4.78 is 0. The van der Waals surface area contributed by atoms with E-state index in [-0.39, 0.29) is 5.91 Å². The first-order chi connectivity index (χ1) is 9.20. The average molecular weight is 261 g/mol. The van der Waals surface area contributed by atoms with E-state index in [1.165, 1.54) is 0 Å². The van der Waals surface area contributed by atoms with E-state index >= 15 is 0 Å². The van der Waals surface area contributed by atoms with E-state index in [9.17, 15) is 4.79 Å². The molecule has 1 aliphatic heterocycles. The molecule has 1 aromatic rings. The van der Waals surface area contributed by atoms with Crippen LogP contribution in [0.5, 0.6) is 0 Å². The fraction of sp³-hybridized carbons (Fsp3) is 0.600. The second-order valence-corrected chi connectivity index (χ2v) is 5.23. The lowest BCUT2D eigenvalue weighted by atomic mass is 10.0. The van der Waals surface area contributed by atoms with Crippen LogP contribution in [-0.2, 0) is 0 Å². The zero-order valence-electron chi connectivity index (χ0n) is 11.9. The maximum atomic E-state index is 12.4. The summed E-state index contributed by atoms with van der Waals surface area (Å²) in [5.74, 6) is 0.107. The van der Waals surface area contributed by atoms with Gasteiger partial charge in [-0.3, -0.25) is 9.78 Å². The van der Waals surface area contributed by atoms with Gasteiger partial charge in [-0.05, 0) is 44.9 Å². The van der Waals surface area contributed by atoms with Gasteiger partial charge in [0.2, 0.25) is 0 Å². The first kappa shape index (κ1) is 14.0. The molecule has 1 atom stereocenters. The SMILES string of the molecule is CCCNC1CCCN(C(=O)c2ccc(C)nc2)C1. The molecule has 0 aromatic carbocycles. The van der Waals surface area contributed by atoms with Crippen LogP contribution in [-0.4, -0.2) is 41.5 Å². The molecule has 19 heavy (non-hydrogen) atoms. The summed E-state index contributed by atoms with van der Waals surface area (Å²) in [5, 5.41) is 3.51. The van der Waals surface area contributed by atoms with Gasteiger partial charge in [0.15, 0.2) is 0 Å². The summed E-state index contributed by atoms with van der Waals surface area (Å²) in [4.78, 5) is 18.5. The van der Waals surface area contributed by atoms with Crippen molar-refractivity contribution in [3.05, 3.63) is 29.6 Å².